The van der Waals surface area contributed by atoms with Gasteiger partial charge >= 0.3 is 30.2 Å². The first-order valence-corrected chi connectivity index (χ1v) is 39.3. The first-order chi connectivity index (χ1) is 54.2. The van der Waals surface area contributed by atoms with E-state index in [1.165, 1.54) is 11.1 Å². The molecule has 0 saturated carbocycles. The number of hydrogen-bond acceptors (Lipinski definition) is 22. The Morgan fingerprint density at radius 2 is 0.812 bits per heavy atom. The second kappa shape index (κ2) is 36.2. The number of ether oxygens (including phenoxy) is 1. The number of para-hydroxylation sites is 4. The molecule has 0 aliphatic carbocycles. The van der Waals surface area contributed by atoms with Gasteiger partial charge in [-0.15, -0.1) is 0 Å². The van der Waals surface area contributed by atoms with Gasteiger partial charge in [0.25, 0.3) is 0 Å². The molecule has 0 bridgehead atoms. The second-order valence-electron chi connectivity index (χ2n) is 26.8. The number of nitrogens with two attached hydrogens (primary N) is 1. The van der Waals surface area contributed by atoms with Gasteiger partial charge in [0, 0.05) is 91.3 Å². The van der Waals surface area contributed by atoms with Gasteiger partial charge in [-0.05, 0) is 113 Å². The number of piperidine rings is 3. The van der Waals surface area contributed by atoms with Crippen LogP contribution in [-0.4, -0.2) is 165 Å². The highest BCUT2D eigenvalue weighted by Crippen LogP contribution is 2.37. The van der Waals surface area contributed by atoms with Crippen LogP contribution in [0.15, 0.2) is 157 Å². The molecule has 10 amide bonds. The number of sulfone groups is 1. The average Bonchev–Trinajstić information content (AvgIpc) is 0.802. The molecule has 0 spiro atoms. The Balaban J connectivity index is 0.000000131. The van der Waals surface area contributed by atoms with Crippen molar-refractivity contribution >= 4 is 156 Å². The van der Waals surface area contributed by atoms with Crippen molar-refractivity contribution in [2.45, 2.75) is 101 Å². The lowest BCUT2D eigenvalue weighted by atomic mass is 10.1. The van der Waals surface area contributed by atoms with Crippen LogP contribution < -0.4 is 67.9 Å². The number of aromatic nitrogens is 8. The molecule has 582 valence electrons. The largest absolute Gasteiger partial charge is 0.450 e. The third-order valence-corrected chi connectivity index (χ3v) is 21.8. The molecule has 5 aromatic carbocycles. The van der Waals surface area contributed by atoms with Gasteiger partial charge < -0.3 is 36.6 Å². The summed E-state index contributed by atoms with van der Waals surface area (Å²) in [4.78, 5) is 118. The zero-order valence-corrected chi connectivity index (χ0v) is 64.4. The Bertz CT molecular complexity index is 5060. The molecule has 4 aromatic heterocycles. The van der Waals surface area contributed by atoms with Crippen LogP contribution in [0.3, 0.4) is 0 Å². The van der Waals surface area contributed by atoms with E-state index in [0.29, 0.717) is 135 Å². The van der Waals surface area contributed by atoms with E-state index in [1.807, 2.05) is 53.4 Å². The van der Waals surface area contributed by atoms with Gasteiger partial charge in [-0.25, -0.2) is 57.3 Å². The lowest BCUT2D eigenvalue weighted by Gasteiger charge is -2.32. The second-order valence-corrected chi connectivity index (χ2v) is 30.3. The zero-order chi connectivity index (χ0) is 78.4. The Kier molecular flexibility index (Phi) is 25.5. The van der Waals surface area contributed by atoms with Crippen LogP contribution >= 0.6 is 46.4 Å². The quantitative estimate of drug-likeness (QED) is 0.0406. The highest BCUT2D eigenvalue weighted by Gasteiger charge is 2.34. The van der Waals surface area contributed by atoms with Gasteiger partial charge in [0.2, 0.25) is 38.7 Å². The number of rotatable bonds is 16. The first kappa shape index (κ1) is 78.8. The summed E-state index contributed by atoms with van der Waals surface area (Å²) in [5.74, 6) is 2.69. The summed E-state index contributed by atoms with van der Waals surface area (Å²) >= 11 is 24.9. The number of carbonyl (C=O) groups is 6. The molecule has 3 saturated heterocycles. The molecule has 9 aromatic rings. The van der Waals surface area contributed by atoms with Crippen molar-refractivity contribution in [1.82, 2.24) is 55.0 Å². The van der Waals surface area contributed by atoms with Crippen molar-refractivity contribution in [3.05, 3.63) is 200 Å². The van der Waals surface area contributed by atoms with Gasteiger partial charge in [-0.2, -0.15) is 15.0 Å². The Morgan fingerprint density at radius 1 is 0.473 bits per heavy atom. The minimum atomic E-state index is -3.74. The predicted octanol–water partition coefficient (Wildman–Crippen LogP) is 12.3. The van der Waals surface area contributed by atoms with Gasteiger partial charge in [-0.3, -0.25) is 50.6 Å². The summed E-state index contributed by atoms with van der Waals surface area (Å²) in [7, 11) is -3.74. The molecule has 0 unspecified atom stereocenters. The SMILES string of the molecule is CCOC(=O)N1CCC(Nc2ncc3c(n2)NC(=O)N(c2ccccc2Cl)C3)CC1.NC(=O)CN1CCC(Nc2ncc3c(n2)NC(=O)N(c2ccccc2Cl)C3)CC1.O=C1Nc2nc(NC3CCNCC3)ncc2CN1c1ccccc1Cl.O=C1Nc2nc(S(=O)(=O)Cc3ccccc3)ncc2CN1c1ccccc1Cl. The summed E-state index contributed by atoms with van der Waals surface area (Å²) in [6.45, 7) is 8.50. The highest BCUT2D eigenvalue weighted by atomic mass is 35.5. The third kappa shape index (κ3) is 19.7. The van der Waals surface area contributed by atoms with Gasteiger partial charge in [0.15, 0.2) is 0 Å². The van der Waals surface area contributed by atoms with E-state index >= 15 is 0 Å². The van der Waals surface area contributed by atoms with Crippen molar-refractivity contribution in [2.24, 2.45) is 5.73 Å². The smallest absolute Gasteiger partial charge is 0.409 e. The molecule has 11 heterocycles. The lowest BCUT2D eigenvalue weighted by Crippen LogP contribution is -2.43. The number of likely N-dealkylation sites (tertiary alicyclic amines) is 2. The molecular formula is C75H79Cl4N23O9S. The minimum absolute atomic E-state index is 0.146. The topological polar surface area (TPSA) is 391 Å². The molecular weight excluding hydrogens is 1540 g/mol. The molecule has 3 fully saturated rings. The van der Waals surface area contributed by atoms with Crippen LogP contribution in [0.25, 0.3) is 0 Å². The van der Waals surface area contributed by atoms with E-state index in [4.69, 9.17) is 56.9 Å². The molecule has 7 aliphatic rings. The summed E-state index contributed by atoms with van der Waals surface area (Å²) in [5.41, 5.74) is 11.5. The van der Waals surface area contributed by atoms with Crippen LogP contribution in [0.4, 0.5) is 87.8 Å². The maximum absolute atomic E-state index is 12.6. The number of anilines is 11. The summed E-state index contributed by atoms with van der Waals surface area (Å²) < 4.78 is 30.3. The van der Waals surface area contributed by atoms with Gasteiger partial charge in [0.1, 0.15) is 23.3 Å². The average molecular weight is 1620 g/mol. The molecule has 37 heteroatoms. The molecule has 0 atom stereocenters. The zero-order valence-electron chi connectivity index (χ0n) is 60.5. The normalized spacial score (nSPS) is 16.4. The predicted molar refractivity (Wildman–Crippen MR) is 429 cm³/mol. The first-order valence-electron chi connectivity index (χ1n) is 36.1. The maximum atomic E-state index is 12.6. The highest BCUT2D eigenvalue weighted by molar-refractivity contribution is 7.90. The number of benzene rings is 5. The fraction of sp³-hybridized carbons (Fsp3) is 0.307. The number of hydrogen-bond donors (Lipinski definition) is 9. The molecule has 10 N–H and O–H groups in total. The number of nitrogens with one attached hydrogen (secondary N) is 8. The van der Waals surface area contributed by atoms with Crippen LogP contribution in [0.5, 0.6) is 0 Å². The Labute approximate surface area is 664 Å². The number of urea groups is 4. The fourth-order valence-corrected chi connectivity index (χ4v) is 15.4. The van der Waals surface area contributed by atoms with E-state index in [1.54, 1.807) is 124 Å². The van der Waals surface area contributed by atoms with Crippen LogP contribution in [0.2, 0.25) is 20.1 Å². The van der Waals surface area contributed by atoms with Gasteiger partial charge in [0.05, 0.1) is 87.9 Å². The number of nitrogens with zero attached hydrogens (tertiary/aromatic N) is 14. The number of amides is 10. The van der Waals surface area contributed by atoms with Crippen molar-refractivity contribution in [3.63, 3.8) is 0 Å². The van der Waals surface area contributed by atoms with E-state index in [-0.39, 0.29) is 72.0 Å². The maximum Gasteiger partial charge on any atom is 0.409 e. The van der Waals surface area contributed by atoms with E-state index < -0.39 is 15.9 Å². The molecule has 0 radical (unpaired) electrons. The number of halogens is 4. The Hall–Kier alpha value is -11.3. The van der Waals surface area contributed by atoms with Crippen molar-refractivity contribution in [2.75, 3.05) is 109 Å². The van der Waals surface area contributed by atoms with Crippen molar-refractivity contribution in [1.29, 1.82) is 0 Å². The van der Waals surface area contributed by atoms with Crippen LogP contribution in [0, 0.1) is 0 Å². The fourth-order valence-electron chi connectivity index (χ4n) is 13.2. The Morgan fingerprint density at radius 3 is 1.18 bits per heavy atom. The van der Waals surface area contributed by atoms with Crippen molar-refractivity contribution in [3.8, 4) is 0 Å². The van der Waals surface area contributed by atoms with Crippen LogP contribution in [0.1, 0.15) is 73.3 Å². The standard InChI is InChI=1S/C20H23ClN6O3.C19H22ClN7O2.C19H15ClN4O3S.C17H19ClN6O/c1-2-30-20(29)26-9-7-14(8-10-26)23-18-22-11-13-12-27(19(28)25-17(13)24-18)16-6-4-3-5-15(16)21;20-14-3-1-2-4-15(14)27-10-12-9-22-18(24-17(12)25-19(27)29)23-13-5-7-26(8-6-13)11-16(21)28;20-15-8-4-5-9-16(15)24-11-14-10-21-18(22-17(14)23-19(24)25)28(26,27)12-13-6-2-1-3-7-13;18-13-3-1-2-4-14(13)24-10-11-9-20-16(22-15(11)23-17(24)25)21-12-5-7-19-8-6-12/h3-6,11,14H,2,7-10,12H2,1H3,(H2,22,23,24,25,28);1-4,9,13H,5-8,10-11H2,(H2,21,28)(H2,22,23,24,25,29);1-10H,11-12H2,(H,21,22,23,25);1-4,9,12,19H,5-8,10H2,(H2,20,21,22,23,25). The van der Waals surface area contributed by atoms with E-state index in [0.717, 1.165) is 81.4 Å². The summed E-state index contributed by atoms with van der Waals surface area (Å²) in [6.07, 6.45) is 11.7. The monoisotopic (exact) mass is 1620 g/mol. The van der Waals surface area contributed by atoms with E-state index in [2.05, 4.69) is 82.4 Å². The van der Waals surface area contributed by atoms with E-state index in [9.17, 15) is 37.2 Å². The molecule has 7 aliphatic heterocycles. The van der Waals surface area contributed by atoms with Crippen molar-refractivity contribution < 1.29 is 41.9 Å². The molecule has 112 heavy (non-hydrogen) atoms. The number of carbonyl (C=O) groups excluding carboxylic acids is 6. The van der Waals surface area contributed by atoms with Gasteiger partial charge in [-0.1, -0.05) is 125 Å². The molecule has 32 nitrogen and oxygen atoms in total. The number of fused-ring (bicyclic) bond motifs is 4. The summed E-state index contributed by atoms with van der Waals surface area (Å²) in [5, 5.41) is 26.1. The lowest BCUT2D eigenvalue weighted by molar-refractivity contribution is -0.119. The minimum Gasteiger partial charge on any atom is -0.450 e. The third-order valence-electron chi connectivity index (χ3n) is 19.0. The number of primary amides is 1. The molecule has 16 rings (SSSR count). The van der Waals surface area contributed by atoms with Crippen LogP contribution in [-0.2, 0) is 51.3 Å². The summed E-state index contributed by atoms with van der Waals surface area (Å²) in [6, 6.07) is 36.9.